The molecule has 2 rings (SSSR count). The number of hydrogen-bond acceptors (Lipinski definition) is 3. The third kappa shape index (κ3) is 3.72. The summed E-state index contributed by atoms with van der Waals surface area (Å²) in [6, 6.07) is 3.09. The smallest absolute Gasteiger partial charge is 0.305 e. The summed E-state index contributed by atoms with van der Waals surface area (Å²) >= 11 is 5.59. The SMILES string of the molecule is O=C(O)CC1(NS(=O)(=O)c2ccc(F)c(Cl)c2)CCCC1. The molecule has 21 heavy (non-hydrogen) atoms. The second-order valence-corrected chi connectivity index (χ2v) is 7.33. The Balaban J connectivity index is 2.30. The van der Waals surface area contributed by atoms with Gasteiger partial charge in [0, 0.05) is 5.54 Å². The maximum absolute atomic E-state index is 13.1. The fourth-order valence-electron chi connectivity index (χ4n) is 2.64. The molecule has 0 unspecified atom stereocenters. The molecule has 1 saturated carbocycles. The molecule has 1 aliphatic rings. The van der Waals surface area contributed by atoms with Gasteiger partial charge in [0.15, 0.2) is 0 Å². The molecular weight excluding hydrogens is 321 g/mol. The van der Waals surface area contributed by atoms with Crippen LogP contribution in [-0.4, -0.2) is 25.0 Å². The zero-order valence-electron chi connectivity index (χ0n) is 11.1. The molecule has 0 atom stereocenters. The van der Waals surface area contributed by atoms with E-state index >= 15 is 0 Å². The summed E-state index contributed by atoms with van der Waals surface area (Å²) in [5.74, 6) is -1.77. The lowest BCUT2D eigenvalue weighted by Gasteiger charge is -2.28. The molecule has 1 fully saturated rings. The quantitative estimate of drug-likeness (QED) is 0.866. The van der Waals surface area contributed by atoms with Crippen LogP contribution < -0.4 is 4.72 Å². The van der Waals surface area contributed by atoms with Gasteiger partial charge in [0.1, 0.15) is 5.82 Å². The molecule has 1 aliphatic carbocycles. The van der Waals surface area contributed by atoms with Crippen molar-refractivity contribution < 1.29 is 22.7 Å². The second-order valence-electron chi connectivity index (χ2n) is 5.24. The number of carboxylic acid groups (broad SMARTS) is 1. The summed E-state index contributed by atoms with van der Waals surface area (Å²) in [6.45, 7) is 0. The van der Waals surface area contributed by atoms with E-state index in [9.17, 15) is 17.6 Å². The van der Waals surface area contributed by atoms with E-state index < -0.39 is 27.3 Å². The summed E-state index contributed by atoms with van der Waals surface area (Å²) < 4.78 is 40.3. The summed E-state index contributed by atoms with van der Waals surface area (Å²) in [7, 11) is -3.95. The van der Waals surface area contributed by atoms with Gasteiger partial charge in [0.2, 0.25) is 10.0 Å². The highest BCUT2D eigenvalue weighted by Crippen LogP contribution is 2.34. The van der Waals surface area contributed by atoms with Gasteiger partial charge >= 0.3 is 5.97 Å². The Kier molecular flexibility index (Phi) is 4.55. The van der Waals surface area contributed by atoms with Crippen LogP contribution >= 0.6 is 11.6 Å². The number of aliphatic carboxylic acids is 1. The summed E-state index contributed by atoms with van der Waals surface area (Å²) in [5, 5.41) is 8.69. The number of rotatable bonds is 5. The van der Waals surface area contributed by atoms with Crippen molar-refractivity contribution in [1.29, 1.82) is 0 Å². The Labute approximate surface area is 127 Å². The lowest BCUT2D eigenvalue weighted by atomic mass is 9.95. The minimum absolute atomic E-state index is 0.175. The van der Waals surface area contributed by atoms with Gasteiger partial charge < -0.3 is 5.11 Å². The number of benzene rings is 1. The molecule has 116 valence electrons. The van der Waals surface area contributed by atoms with Crippen LogP contribution in [0.15, 0.2) is 23.1 Å². The largest absolute Gasteiger partial charge is 0.481 e. The Hall–Kier alpha value is -1.18. The van der Waals surface area contributed by atoms with E-state index in [0.717, 1.165) is 31.0 Å². The van der Waals surface area contributed by atoms with Gasteiger partial charge in [-0.25, -0.2) is 17.5 Å². The molecule has 8 heteroatoms. The average Bonchev–Trinajstić information content (AvgIpc) is 2.78. The first-order valence-corrected chi connectivity index (χ1v) is 8.31. The Morgan fingerprint density at radius 3 is 2.52 bits per heavy atom. The van der Waals surface area contributed by atoms with Crippen LogP contribution in [0, 0.1) is 5.82 Å². The van der Waals surface area contributed by atoms with Crippen LogP contribution in [-0.2, 0) is 14.8 Å². The molecule has 0 amide bonds. The topological polar surface area (TPSA) is 83.5 Å². The monoisotopic (exact) mass is 335 g/mol. The molecule has 0 heterocycles. The molecular formula is C13H15ClFNO4S. The number of hydrogen-bond donors (Lipinski definition) is 2. The Bertz CT molecular complexity index is 656. The molecule has 0 bridgehead atoms. The van der Waals surface area contributed by atoms with Crippen LogP contribution in [0.25, 0.3) is 0 Å². The normalized spacial score (nSPS) is 17.8. The van der Waals surface area contributed by atoms with Crippen molar-refractivity contribution in [3.63, 3.8) is 0 Å². The minimum atomic E-state index is -3.95. The predicted octanol–water partition coefficient (Wildman–Crippen LogP) is 2.54. The van der Waals surface area contributed by atoms with Crippen molar-refractivity contribution in [1.82, 2.24) is 4.72 Å². The van der Waals surface area contributed by atoms with Crippen molar-refractivity contribution in [2.75, 3.05) is 0 Å². The average molecular weight is 336 g/mol. The third-order valence-corrected chi connectivity index (χ3v) is 5.47. The van der Waals surface area contributed by atoms with Gasteiger partial charge in [0.25, 0.3) is 0 Å². The molecule has 0 spiro atoms. The number of halogens is 2. The van der Waals surface area contributed by atoms with Gasteiger partial charge in [-0.05, 0) is 31.0 Å². The molecule has 0 aromatic heterocycles. The Morgan fingerprint density at radius 2 is 2.00 bits per heavy atom. The number of carbonyl (C=O) groups is 1. The van der Waals surface area contributed by atoms with E-state index in [1.807, 2.05) is 0 Å². The summed E-state index contributed by atoms with van der Waals surface area (Å²) in [6.07, 6.45) is 2.18. The first-order chi connectivity index (χ1) is 9.74. The standard InChI is InChI=1S/C13H15ClFNO4S/c14-10-7-9(3-4-11(10)15)21(19,20)16-13(8-12(17)18)5-1-2-6-13/h3-4,7,16H,1-2,5-6,8H2,(H,17,18). The van der Waals surface area contributed by atoms with Gasteiger partial charge in [-0.1, -0.05) is 24.4 Å². The van der Waals surface area contributed by atoms with E-state index in [1.54, 1.807) is 0 Å². The molecule has 2 N–H and O–H groups in total. The van der Waals surface area contributed by atoms with E-state index in [4.69, 9.17) is 16.7 Å². The van der Waals surface area contributed by atoms with Crippen molar-refractivity contribution in [2.24, 2.45) is 0 Å². The van der Waals surface area contributed by atoms with Crippen LogP contribution in [0.1, 0.15) is 32.1 Å². The van der Waals surface area contributed by atoms with Crippen LogP contribution in [0.5, 0.6) is 0 Å². The molecule has 1 aromatic carbocycles. The third-order valence-electron chi connectivity index (χ3n) is 3.60. The molecule has 0 saturated heterocycles. The highest BCUT2D eigenvalue weighted by molar-refractivity contribution is 7.89. The van der Waals surface area contributed by atoms with Crippen LogP contribution in [0.4, 0.5) is 4.39 Å². The van der Waals surface area contributed by atoms with Gasteiger partial charge in [-0.15, -0.1) is 0 Å². The first kappa shape index (κ1) is 16.2. The predicted molar refractivity (Wildman–Crippen MR) is 75.2 cm³/mol. The Morgan fingerprint density at radius 1 is 1.38 bits per heavy atom. The zero-order chi connectivity index (χ0) is 15.7. The van der Waals surface area contributed by atoms with Crippen LogP contribution in [0.3, 0.4) is 0 Å². The summed E-state index contributed by atoms with van der Waals surface area (Å²) in [4.78, 5) is 10.8. The first-order valence-electron chi connectivity index (χ1n) is 6.45. The minimum Gasteiger partial charge on any atom is -0.481 e. The molecule has 0 radical (unpaired) electrons. The number of nitrogens with one attached hydrogen (secondary N) is 1. The van der Waals surface area contributed by atoms with Gasteiger partial charge in [-0.2, -0.15) is 0 Å². The van der Waals surface area contributed by atoms with E-state index in [0.29, 0.717) is 12.8 Å². The number of sulfonamides is 1. The highest BCUT2D eigenvalue weighted by atomic mass is 35.5. The van der Waals surface area contributed by atoms with Gasteiger partial charge in [0.05, 0.1) is 16.3 Å². The van der Waals surface area contributed by atoms with Crippen molar-refractivity contribution >= 4 is 27.6 Å². The number of carboxylic acids is 1. The van der Waals surface area contributed by atoms with Crippen molar-refractivity contribution in [3.05, 3.63) is 29.0 Å². The van der Waals surface area contributed by atoms with E-state index in [2.05, 4.69) is 4.72 Å². The van der Waals surface area contributed by atoms with E-state index in [-0.39, 0.29) is 16.3 Å². The molecule has 1 aromatic rings. The molecule has 5 nitrogen and oxygen atoms in total. The highest BCUT2D eigenvalue weighted by Gasteiger charge is 2.39. The van der Waals surface area contributed by atoms with Gasteiger partial charge in [-0.3, -0.25) is 4.79 Å². The maximum atomic E-state index is 13.1. The maximum Gasteiger partial charge on any atom is 0.305 e. The second kappa shape index (κ2) is 5.90. The van der Waals surface area contributed by atoms with Crippen molar-refractivity contribution in [3.8, 4) is 0 Å². The summed E-state index contributed by atoms with van der Waals surface area (Å²) in [5.41, 5.74) is -0.981. The van der Waals surface area contributed by atoms with Crippen molar-refractivity contribution in [2.45, 2.75) is 42.5 Å². The van der Waals surface area contributed by atoms with E-state index in [1.165, 1.54) is 0 Å². The fourth-order valence-corrected chi connectivity index (χ4v) is 4.37. The zero-order valence-corrected chi connectivity index (χ0v) is 12.7. The lowest BCUT2D eigenvalue weighted by molar-refractivity contribution is -0.138. The van der Waals surface area contributed by atoms with Crippen LogP contribution in [0.2, 0.25) is 5.02 Å². The fraction of sp³-hybridized carbons (Fsp3) is 0.462. The lowest BCUT2D eigenvalue weighted by Crippen LogP contribution is -2.47. The molecule has 0 aliphatic heterocycles.